The Kier molecular flexibility index (Phi) is 7.69. The van der Waals surface area contributed by atoms with E-state index in [1.54, 1.807) is 0 Å². The number of hydrogen-bond donors (Lipinski definition) is 1. The normalized spacial score (nSPS) is 12.4. The molecule has 0 radical (unpaired) electrons. The van der Waals surface area contributed by atoms with Gasteiger partial charge in [0.2, 0.25) is 0 Å². The number of nitrogens with zero attached hydrogens (tertiary/aromatic N) is 3. The second-order valence-electron chi connectivity index (χ2n) is 9.39. The number of unbranched alkanes of at least 4 members (excludes halogenated alkanes) is 1. The van der Waals surface area contributed by atoms with Gasteiger partial charge in [0.1, 0.15) is 5.82 Å². The lowest BCUT2D eigenvalue weighted by atomic mass is 9.84. The smallest absolute Gasteiger partial charge is 0.394 e. The Balaban J connectivity index is 2.17. The second-order valence-corrected chi connectivity index (χ2v) is 9.39. The Hall–Kier alpha value is -3.41. The van der Waals surface area contributed by atoms with Gasteiger partial charge in [0.05, 0.1) is 11.7 Å². The molecule has 1 atom stereocenters. The quantitative estimate of drug-likeness (QED) is 0.469. The van der Waals surface area contributed by atoms with Crippen molar-refractivity contribution in [1.82, 2.24) is 14.5 Å². The number of carbonyl (C=O) groups excluding carboxylic acids is 1. The molecule has 0 bridgehead atoms. The largest absolute Gasteiger partial charge is 0.474 e. The molecule has 1 amide bonds. The molecule has 33 heavy (non-hydrogen) atoms. The van der Waals surface area contributed by atoms with Crippen LogP contribution in [0.3, 0.4) is 0 Å². The average Bonchev–Trinajstić information content (AvgIpc) is 3.19. The SMILES string of the molecule is CCCCN(C(=O)C(=O)O)[C@@H](c1nc(-c2ccccc2)cn1Cc1ccccc1)C(C)(C)C. The van der Waals surface area contributed by atoms with Gasteiger partial charge in [-0.15, -0.1) is 0 Å². The molecule has 0 spiro atoms. The first kappa shape index (κ1) is 24.2. The maximum Gasteiger partial charge on any atom is 0.394 e. The molecule has 6 heteroatoms. The summed E-state index contributed by atoms with van der Waals surface area (Å²) in [5.41, 5.74) is 2.44. The van der Waals surface area contributed by atoms with Crippen molar-refractivity contribution >= 4 is 11.9 Å². The Labute approximate surface area is 195 Å². The zero-order valence-electron chi connectivity index (χ0n) is 19.9. The van der Waals surface area contributed by atoms with Crippen molar-refractivity contribution in [2.75, 3.05) is 6.54 Å². The van der Waals surface area contributed by atoms with E-state index in [1.165, 1.54) is 4.90 Å². The highest BCUT2D eigenvalue weighted by Crippen LogP contribution is 2.39. The van der Waals surface area contributed by atoms with Crippen molar-refractivity contribution in [3.63, 3.8) is 0 Å². The summed E-state index contributed by atoms with van der Waals surface area (Å²) in [6.07, 6.45) is 3.57. The highest BCUT2D eigenvalue weighted by atomic mass is 16.4. The summed E-state index contributed by atoms with van der Waals surface area (Å²) in [7, 11) is 0. The van der Waals surface area contributed by atoms with E-state index < -0.39 is 23.3 Å². The van der Waals surface area contributed by atoms with E-state index in [9.17, 15) is 14.7 Å². The van der Waals surface area contributed by atoms with Crippen LogP contribution in [0.4, 0.5) is 0 Å². The molecular weight excluding hydrogens is 414 g/mol. The van der Waals surface area contributed by atoms with Crippen LogP contribution in [0.15, 0.2) is 66.9 Å². The van der Waals surface area contributed by atoms with Crippen molar-refractivity contribution in [1.29, 1.82) is 0 Å². The van der Waals surface area contributed by atoms with Crippen molar-refractivity contribution in [2.45, 2.75) is 53.1 Å². The predicted octanol–water partition coefficient (Wildman–Crippen LogP) is 5.40. The molecule has 6 nitrogen and oxygen atoms in total. The lowest BCUT2D eigenvalue weighted by molar-refractivity contribution is -0.159. The van der Waals surface area contributed by atoms with E-state index in [0.717, 1.165) is 29.7 Å². The summed E-state index contributed by atoms with van der Waals surface area (Å²) < 4.78 is 2.06. The molecule has 1 N–H and O–H groups in total. The molecule has 0 aliphatic heterocycles. The van der Waals surface area contributed by atoms with E-state index >= 15 is 0 Å². The molecule has 1 heterocycles. The first-order valence-corrected chi connectivity index (χ1v) is 11.4. The lowest BCUT2D eigenvalue weighted by Gasteiger charge is -2.39. The fourth-order valence-corrected chi connectivity index (χ4v) is 4.10. The summed E-state index contributed by atoms with van der Waals surface area (Å²) in [4.78, 5) is 31.1. The van der Waals surface area contributed by atoms with Gasteiger partial charge < -0.3 is 14.6 Å². The number of amides is 1. The van der Waals surface area contributed by atoms with Crippen LogP contribution in [0.1, 0.15) is 58.0 Å². The van der Waals surface area contributed by atoms with Crippen molar-refractivity contribution in [2.24, 2.45) is 5.41 Å². The highest BCUT2D eigenvalue weighted by molar-refractivity contribution is 6.31. The molecule has 0 aliphatic rings. The molecule has 1 aromatic heterocycles. The number of aliphatic carboxylic acids is 1. The molecule has 3 aromatic rings. The Morgan fingerprint density at radius 2 is 1.64 bits per heavy atom. The lowest BCUT2D eigenvalue weighted by Crippen LogP contribution is -2.45. The van der Waals surface area contributed by atoms with Gasteiger partial charge in [-0.3, -0.25) is 4.79 Å². The molecule has 0 unspecified atom stereocenters. The third-order valence-corrected chi connectivity index (χ3v) is 5.65. The van der Waals surface area contributed by atoms with Crippen molar-refractivity contribution in [3.05, 3.63) is 78.2 Å². The minimum absolute atomic E-state index is 0.364. The van der Waals surface area contributed by atoms with Crippen LogP contribution < -0.4 is 0 Å². The van der Waals surface area contributed by atoms with Gasteiger partial charge in [-0.25, -0.2) is 9.78 Å². The molecule has 2 aromatic carbocycles. The number of rotatable bonds is 8. The summed E-state index contributed by atoms with van der Waals surface area (Å²) in [6.45, 7) is 9.04. The number of carboxylic acid groups (broad SMARTS) is 1. The van der Waals surface area contributed by atoms with Crippen molar-refractivity contribution in [3.8, 4) is 11.3 Å². The Morgan fingerprint density at radius 3 is 2.18 bits per heavy atom. The van der Waals surface area contributed by atoms with Crippen LogP contribution in [0.5, 0.6) is 0 Å². The van der Waals surface area contributed by atoms with Crippen LogP contribution in [0.25, 0.3) is 11.3 Å². The minimum atomic E-state index is -1.44. The predicted molar refractivity (Wildman–Crippen MR) is 130 cm³/mol. The Bertz CT molecular complexity index is 1070. The number of aromatic nitrogens is 2. The standard InChI is InChI=1S/C27H33N3O3/c1-5-6-17-30(25(31)26(32)33)23(27(2,3)4)24-28-22(21-15-11-8-12-16-21)19-29(24)18-20-13-9-7-10-14-20/h7-16,19,23H,5-6,17-18H2,1-4H3,(H,32,33)/t23-/m0/s1. The van der Waals surface area contributed by atoms with Crippen LogP contribution in [-0.4, -0.2) is 38.0 Å². The third-order valence-electron chi connectivity index (χ3n) is 5.65. The summed E-state index contributed by atoms with van der Waals surface area (Å²) in [5.74, 6) is -1.64. The molecular formula is C27H33N3O3. The molecule has 0 fully saturated rings. The van der Waals surface area contributed by atoms with Crippen LogP contribution >= 0.6 is 0 Å². The van der Waals surface area contributed by atoms with E-state index in [2.05, 4.69) is 16.7 Å². The average molecular weight is 448 g/mol. The fourth-order valence-electron chi connectivity index (χ4n) is 4.10. The molecule has 0 saturated heterocycles. The second kappa shape index (κ2) is 10.5. The van der Waals surface area contributed by atoms with Gasteiger partial charge in [0.25, 0.3) is 0 Å². The van der Waals surface area contributed by atoms with Crippen molar-refractivity contribution < 1.29 is 14.7 Å². The van der Waals surface area contributed by atoms with Gasteiger partial charge in [-0.1, -0.05) is 94.8 Å². The van der Waals surface area contributed by atoms with Gasteiger partial charge in [0.15, 0.2) is 0 Å². The molecule has 3 rings (SSSR count). The van der Waals surface area contributed by atoms with Crippen LogP contribution in [-0.2, 0) is 16.1 Å². The fraction of sp³-hybridized carbons (Fsp3) is 0.370. The van der Waals surface area contributed by atoms with Crippen LogP contribution in [0, 0.1) is 5.41 Å². The van der Waals surface area contributed by atoms with Gasteiger partial charge in [0, 0.05) is 24.8 Å². The zero-order valence-corrected chi connectivity index (χ0v) is 19.9. The number of imidazole rings is 1. The van der Waals surface area contributed by atoms with Gasteiger partial charge >= 0.3 is 11.9 Å². The van der Waals surface area contributed by atoms with E-state index in [-0.39, 0.29) is 0 Å². The number of carbonyl (C=O) groups is 2. The summed E-state index contributed by atoms with van der Waals surface area (Å²) in [6, 6.07) is 19.5. The Morgan fingerprint density at radius 1 is 1.03 bits per heavy atom. The molecule has 174 valence electrons. The first-order chi connectivity index (χ1) is 15.7. The van der Waals surface area contributed by atoms with Gasteiger partial charge in [-0.2, -0.15) is 0 Å². The first-order valence-electron chi connectivity index (χ1n) is 11.4. The van der Waals surface area contributed by atoms with E-state index in [0.29, 0.717) is 18.9 Å². The summed E-state index contributed by atoms with van der Waals surface area (Å²) >= 11 is 0. The highest BCUT2D eigenvalue weighted by Gasteiger charge is 2.40. The molecule has 0 saturated carbocycles. The van der Waals surface area contributed by atoms with Crippen LogP contribution in [0.2, 0.25) is 0 Å². The maximum atomic E-state index is 12.8. The number of hydrogen-bond acceptors (Lipinski definition) is 3. The maximum absolute atomic E-state index is 12.8. The third kappa shape index (κ3) is 5.89. The zero-order chi connectivity index (χ0) is 24.0. The van der Waals surface area contributed by atoms with E-state index in [1.807, 2.05) is 82.4 Å². The summed E-state index contributed by atoms with van der Waals surface area (Å²) in [5, 5.41) is 9.58. The number of carboxylic acids is 1. The monoisotopic (exact) mass is 447 g/mol. The molecule has 0 aliphatic carbocycles. The van der Waals surface area contributed by atoms with E-state index in [4.69, 9.17) is 4.98 Å². The van der Waals surface area contributed by atoms with Gasteiger partial charge in [-0.05, 0) is 17.4 Å². The number of benzene rings is 2. The topological polar surface area (TPSA) is 75.4 Å². The minimum Gasteiger partial charge on any atom is -0.474 e.